The van der Waals surface area contributed by atoms with E-state index in [2.05, 4.69) is 25.9 Å². The number of nitrogens with zero attached hydrogens (tertiary/aromatic N) is 5. The maximum absolute atomic E-state index is 13.2. The molecule has 2 aliphatic heterocycles. The molecule has 0 spiro atoms. The van der Waals surface area contributed by atoms with E-state index >= 15 is 0 Å². The van der Waals surface area contributed by atoms with Crippen molar-refractivity contribution >= 4 is 69.0 Å². The summed E-state index contributed by atoms with van der Waals surface area (Å²) in [5.41, 5.74) is 0.914. The van der Waals surface area contributed by atoms with Gasteiger partial charge < -0.3 is 26.0 Å². The molecule has 6 aromatic rings. The third kappa shape index (κ3) is 12.8. The Kier molecular flexibility index (Phi) is 16.5. The Hall–Kier alpha value is -6.42. The largest absolute Gasteiger partial charge is 0.480 e. The molecule has 17 heteroatoms. The lowest BCUT2D eigenvalue weighted by molar-refractivity contribution is -0.137. The number of piperidine rings is 2. The molecule has 2 aromatic carbocycles. The minimum Gasteiger partial charge on any atom is -0.480 e. The minimum absolute atomic E-state index is 0.0130. The quantitative estimate of drug-likeness (QED) is 0.130. The van der Waals surface area contributed by atoms with E-state index in [-0.39, 0.29) is 42.3 Å². The first-order valence-electron chi connectivity index (χ1n) is 20.7. The van der Waals surface area contributed by atoms with Crippen LogP contribution in [0.1, 0.15) is 70.4 Å². The van der Waals surface area contributed by atoms with Crippen molar-refractivity contribution in [1.29, 1.82) is 0 Å². The van der Waals surface area contributed by atoms with Gasteiger partial charge in [-0.25, -0.2) is 9.97 Å². The number of benzene rings is 2. The Morgan fingerprint density at radius 3 is 1.48 bits per heavy atom. The number of nitrogens with one attached hydrogen (secondary N) is 3. The van der Waals surface area contributed by atoms with Crippen LogP contribution < -0.4 is 27.1 Å². The average molecular weight is 896 g/mol. The van der Waals surface area contributed by atoms with Crippen LogP contribution in [0.4, 0.5) is 0 Å². The molecule has 0 aliphatic carbocycles. The number of likely N-dealkylation sites (tertiary alicyclic amines) is 1. The van der Waals surface area contributed by atoms with E-state index < -0.39 is 35.4 Å². The zero-order valence-corrected chi connectivity index (χ0v) is 36.0. The molecule has 0 atom stereocenters. The number of aromatic nitrogens is 4. The van der Waals surface area contributed by atoms with Gasteiger partial charge in [0, 0.05) is 59.4 Å². The Morgan fingerprint density at radius 2 is 1.06 bits per heavy atom. The Morgan fingerprint density at radius 1 is 0.619 bits per heavy atom. The minimum atomic E-state index is -1.20. The average Bonchev–Trinajstić information content (AvgIpc) is 3.31. The molecule has 8 rings (SSSR count). The highest BCUT2D eigenvalue weighted by atomic mass is 35.5. The Balaban J connectivity index is 0.000000187. The summed E-state index contributed by atoms with van der Waals surface area (Å²) in [6, 6.07) is 23.8. The molecular weight excluding hydrogens is 847 g/mol. The van der Waals surface area contributed by atoms with Gasteiger partial charge in [0.05, 0.1) is 0 Å². The third-order valence-electron chi connectivity index (χ3n) is 10.4. The summed E-state index contributed by atoms with van der Waals surface area (Å²) in [7, 11) is 0. The fraction of sp³-hybridized carbons (Fsp3) is 0.304. The number of hydrogen-bond donors (Lipinski definition) is 4. The number of rotatable bonds is 10. The normalized spacial score (nSPS) is 13.5. The Labute approximate surface area is 373 Å². The predicted octanol–water partition coefficient (Wildman–Crippen LogP) is 5.82. The zero-order valence-electron chi connectivity index (χ0n) is 34.5. The van der Waals surface area contributed by atoms with E-state index in [9.17, 15) is 28.8 Å². The molecule has 6 heterocycles. The number of carbonyl (C=O) groups excluding carboxylic acids is 3. The molecule has 328 valence electrons. The molecule has 15 nitrogen and oxygen atoms in total. The van der Waals surface area contributed by atoms with E-state index in [1.54, 1.807) is 71.8 Å². The number of aliphatic carboxylic acids is 1. The number of carbonyl (C=O) groups is 4. The number of pyridine rings is 4. The van der Waals surface area contributed by atoms with Crippen LogP contribution in [-0.2, 0) is 35.8 Å². The van der Waals surface area contributed by atoms with Gasteiger partial charge in [-0.15, -0.1) is 0 Å². The van der Waals surface area contributed by atoms with Crippen LogP contribution >= 0.6 is 23.2 Å². The molecule has 63 heavy (non-hydrogen) atoms. The predicted molar refractivity (Wildman–Crippen MR) is 242 cm³/mol. The van der Waals surface area contributed by atoms with Gasteiger partial charge in [0.25, 0.3) is 22.9 Å². The van der Waals surface area contributed by atoms with Crippen LogP contribution in [0.5, 0.6) is 0 Å². The maximum atomic E-state index is 13.2. The number of carboxylic acids is 1. The molecule has 3 amide bonds. The van der Waals surface area contributed by atoms with Crippen molar-refractivity contribution in [3.05, 3.63) is 150 Å². The summed E-state index contributed by atoms with van der Waals surface area (Å²) < 4.78 is 2.29. The fourth-order valence-corrected chi connectivity index (χ4v) is 7.36. The summed E-state index contributed by atoms with van der Waals surface area (Å²) >= 11 is 11.7. The van der Waals surface area contributed by atoms with E-state index in [4.69, 9.17) is 28.3 Å². The molecule has 2 aliphatic rings. The van der Waals surface area contributed by atoms with Crippen molar-refractivity contribution in [2.24, 2.45) is 0 Å². The highest BCUT2D eigenvalue weighted by molar-refractivity contribution is 6.30. The lowest BCUT2D eigenvalue weighted by Gasteiger charge is -2.27. The monoisotopic (exact) mass is 894 g/mol. The summed E-state index contributed by atoms with van der Waals surface area (Å²) in [6.45, 7) is 3.64. The topological polar surface area (TPSA) is 198 Å². The van der Waals surface area contributed by atoms with Gasteiger partial charge in [0.2, 0.25) is 5.91 Å². The van der Waals surface area contributed by atoms with Gasteiger partial charge in [0.15, 0.2) is 0 Å². The SMILES string of the molecule is C1CCNCC1.O=C(NCc1ccc(Cl)cc1)c1cc2cccnc2n(CC(=O)N2CCCCC2)c1=O.O=C(O)Cn1c(=O)c(C(=O)NCc2ccc(Cl)cc2)cc2cccnc21. The fourth-order valence-electron chi connectivity index (χ4n) is 7.11. The van der Waals surface area contributed by atoms with Crippen LogP contribution in [-0.4, -0.2) is 79.0 Å². The number of halogens is 2. The zero-order chi connectivity index (χ0) is 44.7. The highest BCUT2D eigenvalue weighted by Crippen LogP contribution is 2.16. The summed E-state index contributed by atoms with van der Waals surface area (Å²) in [6.07, 6.45) is 10.3. The van der Waals surface area contributed by atoms with Crippen LogP contribution in [0.2, 0.25) is 10.0 Å². The molecule has 0 radical (unpaired) electrons. The molecule has 0 saturated carbocycles. The summed E-state index contributed by atoms with van der Waals surface area (Å²) in [5, 5.41) is 20.1. The van der Waals surface area contributed by atoms with Gasteiger partial charge >= 0.3 is 5.97 Å². The summed E-state index contributed by atoms with van der Waals surface area (Å²) in [4.78, 5) is 85.1. The second-order valence-electron chi connectivity index (χ2n) is 15.0. The lowest BCUT2D eigenvalue weighted by Crippen LogP contribution is -2.41. The second-order valence-corrected chi connectivity index (χ2v) is 15.9. The van der Waals surface area contributed by atoms with E-state index in [0.29, 0.717) is 39.6 Å². The number of fused-ring (bicyclic) bond motifs is 2. The van der Waals surface area contributed by atoms with Crippen LogP contribution in [0.25, 0.3) is 22.1 Å². The first kappa shape index (κ1) is 46.1. The third-order valence-corrected chi connectivity index (χ3v) is 10.9. The number of hydrogen-bond acceptors (Lipinski definition) is 9. The van der Waals surface area contributed by atoms with Gasteiger partial charge in [-0.05, 0) is 117 Å². The first-order valence-corrected chi connectivity index (χ1v) is 21.5. The van der Waals surface area contributed by atoms with Crippen molar-refractivity contribution in [1.82, 2.24) is 40.0 Å². The Bertz CT molecular complexity index is 2670. The second kappa shape index (κ2) is 22.6. The maximum Gasteiger partial charge on any atom is 0.323 e. The molecule has 0 bridgehead atoms. The molecule has 0 unspecified atom stereocenters. The van der Waals surface area contributed by atoms with Crippen LogP contribution in [0.3, 0.4) is 0 Å². The molecular formula is C46H48Cl2N8O7. The molecule has 4 N–H and O–H groups in total. The number of carboxylic acid groups (broad SMARTS) is 1. The highest BCUT2D eigenvalue weighted by Gasteiger charge is 2.22. The van der Waals surface area contributed by atoms with Crippen molar-refractivity contribution in [2.75, 3.05) is 26.2 Å². The molecule has 2 fully saturated rings. The van der Waals surface area contributed by atoms with Crippen LogP contribution in [0, 0.1) is 0 Å². The molecule has 4 aromatic heterocycles. The smallest absolute Gasteiger partial charge is 0.323 e. The number of amides is 3. The standard InChI is InChI=1S/C23H23ClN4O3.C18H14ClN3O4.C5H11N/c24-18-8-6-16(7-9-18)14-26-22(30)19-13-17-5-4-10-25-21(17)28(23(19)31)15-20(29)27-11-2-1-3-12-27;19-13-5-3-11(4-6-13)9-21-17(25)14-8-12-2-1-7-20-16(12)22(18(14)26)10-15(23)24;1-2-4-6-5-3-1/h4-10,13H,1-3,11-12,14-15H2,(H,26,30);1-8H,9-10H2,(H,21,25)(H,23,24);6H,1-5H2. The van der Waals surface area contributed by atoms with Gasteiger partial charge in [-0.3, -0.25) is 37.9 Å². The summed E-state index contributed by atoms with van der Waals surface area (Å²) in [5.74, 6) is -2.41. The van der Waals surface area contributed by atoms with E-state index in [1.165, 1.54) is 55.2 Å². The van der Waals surface area contributed by atoms with Crippen molar-refractivity contribution in [3.63, 3.8) is 0 Å². The molecule has 2 saturated heterocycles. The van der Waals surface area contributed by atoms with Gasteiger partial charge in [0.1, 0.15) is 35.5 Å². The van der Waals surface area contributed by atoms with Crippen molar-refractivity contribution in [3.8, 4) is 0 Å². The lowest BCUT2D eigenvalue weighted by atomic mass is 10.1. The van der Waals surface area contributed by atoms with Gasteiger partial charge in [-0.1, -0.05) is 53.9 Å². The van der Waals surface area contributed by atoms with Crippen LogP contribution in [0.15, 0.2) is 107 Å². The van der Waals surface area contributed by atoms with E-state index in [1.807, 2.05) is 12.1 Å². The van der Waals surface area contributed by atoms with Gasteiger partial charge in [-0.2, -0.15) is 0 Å². The van der Waals surface area contributed by atoms with E-state index in [0.717, 1.165) is 35.0 Å². The van der Waals surface area contributed by atoms with Crippen molar-refractivity contribution in [2.45, 2.75) is 64.7 Å². The first-order chi connectivity index (χ1) is 30.5. The van der Waals surface area contributed by atoms with Crippen molar-refractivity contribution < 1.29 is 24.3 Å².